The van der Waals surface area contributed by atoms with Gasteiger partial charge in [0.05, 0.1) is 0 Å². The quantitative estimate of drug-likeness (QED) is 0.589. The van der Waals surface area contributed by atoms with Gasteiger partial charge in [-0.3, -0.25) is 4.79 Å². The molecule has 19 heavy (non-hydrogen) atoms. The third-order valence-electron chi connectivity index (χ3n) is 2.49. The summed E-state index contributed by atoms with van der Waals surface area (Å²) in [6.45, 7) is 1.87. The highest BCUT2D eigenvalue weighted by atomic mass is 35.5. The van der Waals surface area contributed by atoms with E-state index in [0.717, 1.165) is 5.56 Å². The Hall–Kier alpha value is -2.18. The van der Waals surface area contributed by atoms with Crippen LogP contribution in [0.4, 0.5) is 11.5 Å². The largest absolute Gasteiger partial charge is 0.320 e. The number of hydrazine groups is 1. The molecule has 1 aromatic heterocycles. The minimum Gasteiger partial charge on any atom is -0.320 e. The monoisotopic (exact) mass is 277 g/mol. The molecular weight excluding hydrogens is 266 g/mol. The number of nitrogens with two attached hydrogens (primary N) is 1. The minimum absolute atomic E-state index is 0.193. The van der Waals surface area contributed by atoms with E-state index in [1.165, 1.54) is 6.07 Å². The summed E-state index contributed by atoms with van der Waals surface area (Å²) in [5, 5.41) is 10.8. The molecule has 0 fully saturated rings. The van der Waals surface area contributed by atoms with Crippen molar-refractivity contribution in [3.05, 3.63) is 46.6 Å². The molecule has 0 atom stereocenters. The van der Waals surface area contributed by atoms with Crippen molar-refractivity contribution in [3.63, 3.8) is 0 Å². The van der Waals surface area contributed by atoms with Crippen molar-refractivity contribution in [1.82, 2.24) is 10.2 Å². The predicted octanol–water partition coefficient (Wildman–Crippen LogP) is 1.98. The lowest BCUT2D eigenvalue weighted by Crippen LogP contribution is -2.16. The van der Waals surface area contributed by atoms with Gasteiger partial charge in [-0.05, 0) is 36.8 Å². The van der Waals surface area contributed by atoms with Gasteiger partial charge in [0.25, 0.3) is 5.91 Å². The van der Waals surface area contributed by atoms with Crippen molar-refractivity contribution >= 4 is 29.0 Å². The van der Waals surface area contributed by atoms with Gasteiger partial charge in [0.15, 0.2) is 11.5 Å². The van der Waals surface area contributed by atoms with E-state index in [9.17, 15) is 4.79 Å². The summed E-state index contributed by atoms with van der Waals surface area (Å²) in [4.78, 5) is 12.0. The van der Waals surface area contributed by atoms with Gasteiger partial charge < -0.3 is 10.7 Å². The van der Waals surface area contributed by atoms with Gasteiger partial charge in [-0.1, -0.05) is 17.7 Å². The predicted molar refractivity (Wildman–Crippen MR) is 74.0 cm³/mol. The van der Waals surface area contributed by atoms with E-state index < -0.39 is 0 Å². The molecular formula is C12H12ClN5O. The minimum atomic E-state index is -0.360. The van der Waals surface area contributed by atoms with E-state index in [-0.39, 0.29) is 11.6 Å². The van der Waals surface area contributed by atoms with Crippen LogP contribution in [-0.4, -0.2) is 16.1 Å². The van der Waals surface area contributed by atoms with Crippen LogP contribution in [0.2, 0.25) is 5.02 Å². The van der Waals surface area contributed by atoms with Crippen molar-refractivity contribution in [1.29, 1.82) is 0 Å². The second kappa shape index (κ2) is 5.64. The standard InChI is InChI=1S/C12H12ClN5O/c1-7-2-3-8(13)6-10(7)15-12(19)9-4-5-11(16-14)18-17-9/h2-6H,14H2,1H3,(H,15,19)(H,16,18). The lowest BCUT2D eigenvalue weighted by Gasteiger charge is -2.08. The first-order chi connectivity index (χ1) is 9.10. The van der Waals surface area contributed by atoms with E-state index >= 15 is 0 Å². The summed E-state index contributed by atoms with van der Waals surface area (Å²) in [5.74, 6) is 5.19. The molecule has 7 heteroatoms. The van der Waals surface area contributed by atoms with Crippen LogP contribution < -0.4 is 16.6 Å². The number of carbonyl (C=O) groups excluding carboxylic acids is 1. The Kier molecular flexibility index (Phi) is 3.94. The Morgan fingerprint density at radius 3 is 2.68 bits per heavy atom. The number of hydrogen-bond donors (Lipinski definition) is 3. The lowest BCUT2D eigenvalue weighted by atomic mass is 10.2. The first-order valence-electron chi connectivity index (χ1n) is 5.48. The number of carbonyl (C=O) groups is 1. The molecule has 98 valence electrons. The molecule has 1 aromatic carbocycles. The van der Waals surface area contributed by atoms with Crippen LogP contribution in [0.1, 0.15) is 16.1 Å². The Morgan fingerprint density at radius 1 is 1.26 bits per heavy atom. The molecule has 0 radical (unpaired) electrons. The number of aryl methyl sites for hydroxylation is 1. The fraction of sp³-hybridized carbons (Fsp3) is 0.0833. The Morgan fingerprint density at radius 2 is 2.05 bits per heavy atom. The fourth-order valence-corrected chi connectivity index (χ4v) is 1.62. The summed E-state index contributed by atoms with van der Waals surface area (Å²) < 4.78 is 0. The summed E-state index contributed by atoms with van der Waals surface area (Å²) in [6.07, 6.45) is 0. The molecule has 0 aliphatic carbocycles. The Balaban J connectivity index is 2.18. The summed E-state index contributed by atoms with van der Waals surface area (Å²) in [5.41, 5.74) is 4.08. The molecule has 2 rings (SSSR count). The van der Waals surface area contributed by atoms with Crippen LogP contribution >= 0.6 is 11.6 Å². The van der Waals surface area contributed by atoms with Crippen LogP contribution in [0.5, 0.6) is 0 Å². The summed E-state index contributed by atoms with van der Waals surface area (Å²) in [7, 11) is 0. The molecule has 4 N–H and O–H groups in total. The number of amides is 1. The number of anilines is 2. The normalized spacial score (nSPS) is 10.1. The molecule has 6 nitrogen and oxygen atoms in total. The topological polar surface area (TPSA) is 92.9 Å². The average Bonchev–Trinajstić information content (AvgIpc) is 2.43. The van der Waals surface area contributed by atoms with Crippen LogP contribution in [0.25, 0.3) is 0 Å². The highest BCUT2D eigenvalue weighted by Crippen LogP contribution is 2.20. The summed E-state index contributed by atoms with van der Waals surface area (Å²) in [6, 6.07) is 8.35. The Bertz CT molecular complexity index is 600. The van der Waals surface area contributed by atoms with E-state index in [0.29, 0.717) is 16.5 Å². The zero-order chi connectivity index (χ0) is 13.8. The van der Waals surface area contributed by atoms with Gasteiger partial charge in [-0.15, -0.1) is 10.2 Å². The third kappa shape index (κ3) is 3.18. The second-order valence-corrected chi connectivity index (χ2v) is 4.30. The van der Waals surface area contributed by atoms with Gasteiger partial charge in [0.2, 0.25) is 0 Å². The number of halogens is 1. The van der Waals surface area contributed by atoms with Gasteiger partial charge >= 0.3 is 0 Å². The number of nitrogens with zero attached hydrogens (tertiary/aromatic N) is 2. The van der Waals surface area contributed by atoms with E-state index in [1.807, 2.05) is 13.0 Å². The number of benzene rings is 1. The average molecular weight is 278 g/mol. The lowest BCUT2D eigenvalue weighted by molar-refractivity contribution is 0.102. The molecule has 0 bridgehead atoms. The van der Waals surface area contributed by atoms with E-state index in [4.69, 9.17) is 17.4 Å². The maximum atomic E-state index is 12.0. The van der Waals surface area contributed by atoms with Crippen LogP contribution in [0.15, 0.2) is 30.3 Å². The number of nitrogen functional groups attached to an aromatic ring is 1. The Labute approximate surface area is 115 Å². The van der Waals surface area contributed by atoms with Crippen molar-refractivity contribution in [2.45, 2.75) is 6.92 Å². The van der Waals surface area contributed by atoms with Gasteiger partial charge in [-0.25, -0.2) is 5.84 Å². The molecule has 0 spiro atoms. The first-order valence-corrected chi connectivity index (χ1v) is 5.86. The molecule has 0 aliphatic heterocycles. The van der Waals surface area contributed by atoms with Crippen LogP contribution in [0, 0.1) is 6.92 Å². The third-order valence-corrected chi connectivity index (χ3v) is 2.73. The zero-order valence-corrected chi connectivity index (χ0v) is 10.9. The molecule has 1 amide bonds. The smallest absolute Gasteiger partial charge is 0.276 e. The maximum absolute atomic E-state index is 12.0. The highest BCUT2D eigenvalue weighted by Gasteiger charge is 2.10. The highest BCUT2D eigenvalue weighted by molar-refractivity contribution is 6.31. The van der Waals surface area contributed by atoms with Gasteiger partial charge in [-0.2, -0.15) is 0 Å². The zero-order valence-electron chi connectivity index (χ0n) is 10.1. The SMILES string of the molecule is Cc1ccc(Cl)cc1NC(=O)c1ccc(NN)nn1. The van der Waals surface area contributed by atoms with E-state index in [1.54, 1.807) is 18.2 Å². The van der Waals surface area contributed by atoms with E-state index in [2.05, 4.69) is 20.9 Å². The van der Waals surface area contributed by atoms with Gasteiger partial charge in [0, 0.05) is 10.7 Å². The number of nitrogens with one attached hydrogen (secondary N) is 2. The van der Waals surface area contributed by atoms with Crippen molar-refractivity contribution in [2.24, 2.45) is 5.84 Å². The molecule has 2 aromatic rings. The van der Waals surface area contributed by atoms with Gasteiger partial charge in [0.1, 0.15) is 0 Å². The number of rotatable bonds is 3. The molecule has 0 unspecified atom stereocenters. The fourth-order valence-electron chi connectivity index (χ4n) is 1.45. The number of hydrogen-bond acceptors (Lipinski definition) is 5. The van der Waals surface area contributed by atoms with Crippen LogP contribution in [0.3, 0.4) is 0 Å². The molecule has 0 aliphatic rings. The summed E-state index contributed by atoms with van der Waals surface area (Å²) >= 11 is 5.88. The van der Waals surface area contributed by atoms with Crippen molar-refractivity contribution in [2.75, 3.05) is 10.7 Å². The van der Waals surface area contributed by atoms with Crippen molar-refractivity contribution < 1.29 is 4.79 Å². The maximum Gasteiger partial charge on any atom is 0.276 e. The second-order valence-electron chi connectivity index (χ2n) is 3.86. The number of aromatic nitrogens is 2. The first kappa shape index (κ1) is 13.3. The molecule has 0 saturated carbocycles. The molecule has 1 heterocycles. The van der Waals surface area contributed by atoms with Crippen molar-refractivity contribution in [3.8, 4) is 0 Å². The van der Waals surface area contributed by atoms with Crippen LogP contribution in [-0.2, 0) is 0 Å². The molecule has 0 saturated heterocycles.